The summed E-state index contributed by atoms with van der Waals surface area (Å²) in [5.41, 5.74) is 0. The number of nitrogens with one attached hydrogen (secondary N) is 1. The monoisotopic (exact) mass is 273 g/mol. The lowest BCUT2D eigenvalue weighted by Crippen LogP contribution is -2.24. The Labute approximate surface area is 108 Å². The minimum absolute atomic E-state index is 0.0697. The Balaban J connectivity index is 2.28. The summed E-state index contributed by atoms with van der Waals surface area (Å²) in [6.45, 7) is 0.526. The molecule has 0 aliphatic rings. The number of thioether (sulfide) groups is 1. The van der Waals surface area contributed by atoms with Crippen LogP contribution >= 0.6 is 23.1 Å². The van der Waals surface area contributed by atoms with Crippen molar-refractivity contribution in [3.05, 3.63) is 16.3 Å². The van der Waals surface area contributed by atoms with Gasteiger partial charge in [0.15, 0.2) is 0 Å². The number of amides is 1. The molecule has 1 amide bonds. The van der Waals surface area contributed by atoms with Crippen molar-refractivity contribution in [1.29, 1.82) is 0 Å². The lowest BCUT2D eigenvalue weighted by molar-refractivity contribution is -0.137. The summed E-state index contributed by atoms with van der Waals surface area (Å²) in [6, 6.07) is 1.93. The normalized spacial score (nSPS) is 10.2. The van der Waals surface area contributed by atoms with Crippen LogP contribution in [-0.4, -0.2) is 29.8 Å². The van der Waals surface area contributed by atoms with Crippen LogP contribution in [0.4, 0.5) is 0 Å². The first-order valence-electron chi connectivity index (χ1n) is 5.26. The zero-order chi connectivity index (χ0) is 12.7. The van der Waals surface area contributed by atoms with Gasteiger partial charge in [0.1, 0.15) is 4.88 Å². The SMILES string of the molecule is CSc1ccsc1C(=O)NCCCCC(=O)O. The number of carboxylic acids is 1. The van der Waals surface area contributed by atoms with E-state index in [1.807, 2.05) is 17.7 Å². The summed E-state index contributed by atoms with van der Waals surface area (Å²) in [7, 11) is 0. The number of unbranched alkanes of at least 4 members (excludes halogenated alkanes) is 1. The van der Waals surface area contributed by atoms with Crippen molar-refractivity contribution < 1.29 is 14.7 Å². The van der Waals surface area contributed by atoms with E-state index < -0.39 is 5.97 Å². The Kier molecular flexibility index (Phi) is 6.07. The summed E-state index contributed by atoms with van der Waals surface area (Å²) in [6.07, 6.45) is 3.38. The first-order valence-corrected chi connectivity index (χ1v) is 7.37. The van der Waals surface area contributed by atoms with Gasteiger partial charge in [-0.1, -0.05) is 0 Å². The minimum atomic E-state index is -0.792. The Morgan fingerprint density at radius 2 is 2.24 bits per heavy atom. The number of thiophene rings is 1. The number of aliphatic carboxylic acids is 1. The first kappa shape index (κ1) is 14.1. The maximum Gasteiger partial charge on any atom is 0.303 e. The summed E-state index contributed by atoms with van der Waals surface area (Å²) in [5, 5.41) is 13.1. The summed E-state index contributed by atoms with van der Waals surface area (Å²) in [5.74, 6) is -0.862. The minimum Gasteiger partial charge on any atom is -0.481 e. The standard InChI is InChI=1S/C11H15NO3S2/c1-16-8-5-7-17-10(8)11(15)12-6-3-2-4-9(13)14/h5,7H,2-4,6H2,1H3,(H,12,15)(H,13,14). The van der Waals surface area contributed by atoms with Crippen molar-refractivity contribution in [3.63, 3.8) is 0 Å². The van der Waals surface area contributed by atoms with Crippen LogP contribution in [0.2, 0.25) is 0 Å². The lowest BCUT2D eigenvalue weighted by Gasteiger charge is -2.04. The first-order chi connectivity index (χ1) is 8.15. The van der Waals surface area contributed by atoms with Gasteiger partial charge >= 0.3 is 5.97 Å². The number of carbonyl (C=O) groups is 2. The smallest absolute Gasteiger partial charge is 0.303 e. The topological polar surface area (TPSA) is 66.4 Å². The zero-order valence-corrected chi connectivity index (χ0v) is 11.2. The van der Waals surface area contributed by atoms with Gasteiger partial charge in [-0.3, -0.25) is 9.59 Å². The predicted octanol–water partition coefficient (Wildman–Crippen LogP) is 2.45. The van der Waals surface area contributed by atoms with Crippen molar-refractivity contribution in [3.8, 4) is 0 Å². The molecule has 0 atom stereocenters. The second-order valence-electron chi connectivity index (χ2n) is 3.42. The Morgan fingerprint density at radius 1 is 1.47 bits per heavy atom. The number of hydrogen-bond donors (Lipinski definition) is 2. The van der Waals surface area contributed by atoms with E-state index in [1.165, 1.54) is 11.3 Å². The predicted molar refractivity (Wildman–Crippen MR) is 69.9 cm³/mol. The third-order valence-corrected chi connectivity index (χ3v) is 3.98. The van der Waals surface area contributed by atoms with Gasteiger partial charge in [0, 0.05) is 17.9 Å². The molecule has 0 aliphatic heterocycles. The molecule has 4 nitrogen and oxygen atoms in total. The van der Waals surface area contributed by atoms with E-state index in [4.69, 9.17) is 5.11 Å². The fourth-order valence-electron chi connectivity index (χ4n) is 1.31. The van der Waals surface area contributed by atoms with Crippen LogP contribution in [0, 0.1) is 0 Å². The van der Waals surface area contributed by atoms with Crippen LogP contribution < -0.4 is 5.32 Å². The number of carbonyl (C=O) groups excluding carboxylic acids is 1. The maximum absolute atomic E-state index is 11.8. The van der Waals surface area contributed by atoms with E-state index in [1.54, 1.807) is 11.8 Å². The lowest BCUT2D eigenvalue weighted by atomic mass is 10.2. The van der Waals surface area contributed by atoms with Gasteiger partial charge < -0.3 is 10.4 Å². The molecule has 1 heterocycles. The van der Waals surface area contributed by atoms with Crippen LogP contribution in [0.25, 0.3) is 0 Å². The van der Waals surface area contributed by atoms with E-state index in [9.17, 15) is 9.59 Å². The molecule has 1 rings (SSSR count). The second kappa shape index (κ2) is 7.34. The van der Waals surface area contributed by atoms with Gasteiger partial charge in [-0.25, -0.2) is 0 Å². The Morgan fingerprint density at radius 3 is 2.88 bits per heavy atom. The summed E-state index contributed by atoms with van der Waals surface area (Å²) >= 11 is 2.97. The number of rotatable bonds is 7. The van der Waals surface area contributed by atoms with Crippen molar-refractivity contribution in [1.82, 2.24) is 5.32 Å². The van der Waals surface area contributed by atoms with Gasteiger partial charge in [-0.2, -0.15) is 0 Å². The van der Waals surface area contributed by atoms with Gasteiger partial charge in [0.05, 0.1) is 0 Å². The number of hydrogen-bond acceptors (Lipinski definition) is 4. The highest BCUT2D eigenvalue weighted by Gasteiger charge is 2.11. The highest BCUT2D eigenvalue weighted by atomic mass is 32.2. The van der Waals surface area contributed by atoms with Gasteiger partial charge in [0.25, 0.3) is 5.91 Å². The fraction of sp³-hybridized carbons (Fsp3) is 0.455. The molecule has 0 radical (unpaired) electrons. The quantitative estimate of drug-likeness (QED) is 0.591. The second-order valence-corrected chi connectivity index (χ2v) is 5.19. The molecule has 0 unspecified atom stereocenters. The third-order valence-electron chi connectivity index (χ3n) is 2.16. The highest BCUT2D eigenvalue weighted by Crippen LogP contribution is 2.25. The van der Waals surface area contributed by atoms with Crippen LogP contribution in [0.5, 0.6) is 0 Å². The van der Waals surface area contributed by atoms with Crippen LogP contribution in [0.15, 0.2) is 16.3 Å². The maximum atomic E-state index is 11.8. The number of carboxylic acid groups (broad SMARTS) is 1. The molecule has 0 aromatic carbocycles. The molecule has 17 heavy (non-hydrogen) atoms. The van der Waals surface area contributed by atoms with Crippen LogP contribution in [-0.2, 0) is 4.79 Å². The van der Waals surface area contributed by atoms with Crippen molar-refractivity contribution in [2.24, 2.45) is 0 Å². The molecule has 1 aromatic rings. The van der Waals surface area contributed by atoms with Crippen LogP contribution in [0.1, 0.15) is 28.9 Å². The van der Waals surface area contributed by atoms with Crippen molar-refractivity contribution in [2.45, 2.75) is 24.2 Å². The van der Waals surface area contributed by atoms with E-state index in [0.717, 1.165) is 9.77 Å². The van der Waals surface area contributed by atoms with Gasteiger partial charge in [-0.15, -0.1) is 23.1 Å². The van der Waals surface area contributed by atoms with E-state index in [2.05, 4.69) is 5.32 Å². The summed E-state index contributed by atoms with van der Waals surface area (Å²) in [4.78, 5) is 23.7. The van der Waals surface area contributed by atoms with Crippen molar-refractivity contribution >= 4 is 35.0 Å². The largest absolute Gasteiger partial charge is 0.481 e. The van der Waals surface area contributed by atoms with Gasteiger partial charge in [-0.05, 0) is 30.5 Å². The van der Waals surface area contributed by atoms with Crippen LogP contribution in [0.3, 0.4) is 0 Å². The highest BCUT2D eigenvalue weighted by molar-refractivity contribution is 7.98. The molecule has 0 bridgehead atoms. The molecule has 0 saturated carbocycles. The summed E-state index contributed by atoms with van der Waals surface area (Å²) < 4.78 is 0. The Hall–Kier alpha value is -1.01. The average molecular weight is 273 g/mol. The molecule has 94 valence electrons. The molecule has 2 N–H and O–H groups in total. The fourth-order valence-corrected chi connectivity index (χ4v) is 2.97. The zero-order valence-electron chi connectivity index (χ0n) is 9.56. The molecule has 0 saturated heterocycles. The van der Waals surface area contributed by atoms with E-state index in [0.29, 0.717) is 19.4 Å². The Bertz CT molecular complexity index is 390. The molecule has 1 aromatic heterocycles. The molecule has 0 spiro atoms. The molecule has 0 aliphatic carbocycles. The molecule has 0 fully saturated rings. The third kappa shape index (κ3) is 4.79. The van der Waals surface area contributed by atoms with E-state index in [-0.39, 0.29) is 12.3 Å². The average Bonchev–Trinajstić information content (AvgIpc) is 2.75. The molecular weight excluding hydrogens is 258 g/mol. The van der Waals surface area contributed by atoms with Gasteiger partial charge in [0.2, 0.25) is 0 Å². The molecular formula is C11H15NO3S2. The van der Waals surface area contributed by atoms with Crippen molar-refractivity contribution in [2.75, 3.05) is 12.8 Å². The molecule has 6 heteroatoms. The van der Waals surface area contributed by atoms with E-state index >= 15 is 0 Å².